The van der Waals surface area contributed by atoms with Crippen LogP contribution in [0.2, 0.25) is 5.02 Å². The number of nitrogens with one attached hydrogen (secondary N) is 1. The van der Waals surface area contributed by atoms with E-state index in [-0.39, 0.29) is 12.0 Å². The number of rotatable bonds is 5. The maximum absolute atomic E-state index is 12.4. The molecule has 0 fully saturated rings. The van der Waals surface area contributed by atoms with E-state index < -0.39 is 0 Å². The Hall–Kier alpha value is -2.60. The highest BCUT2D eigenvalue weighted by Crippen LogP contribution is 2.36. The highest BCUT2D eigenvalue weighted by Gasteiger charge is 2.22. The topological polar surface area (TPSA) is 66.0 Å². The molecule has 1 heterocycles. The van der Waals surface area contributed by atoms with Gasteiger partial charge in [-0.25, -0.2) is 0 Å². The summed E-state index contributed by atoms with van der Waals surface area (Å²) in [5.74, 6) is 1.87. The van der Waals surface area contributed by atoms with Crippen molar-refractivity contribution in [3.8, 4) is 23.0 Å². The summed E-state index contributed by atoms with van der Waals surface area (Å²) < 4.78 is 21.8. The molecular weight excluding hydrogens is 346 g/mol. The highest BCUT2D eigenvalue weighted by atomic mass is 35.5. The number of methoxy groups -OCH3 is 2. The standard InChI is InChI=1S/C18H18ClNO5/c1-22-16-8-11(7-13(19)17(16)23-2)18(21)20-9-12-10-24-14-5-3-4-6-15(14)25-12/h3-8,12H,9-10H2,1-2H3,(H,20,21)/t12-/m0/s1. The Morgan fingerprint density at radius 1 is 1.24 bits per heavy atom. The van der Waals surface area contributed by atoms with Crippen LogP contribution in [0.3, 0.4) is 0 Å². The largest absolute Gasteiger partial charge is 0.493 e. The van der Waals surface area contributed by atoms with Crippen LogP contribution < -0.4 is 24.3 Å². The van der Waals surface area contributed by atoms with Gasteiger partial charge >= 0.3 is 0 Å². The molecule has 132 valence electrons. The zero-order valence-electron chi connectivity index (χ0n) is 13.9. The summed E-state index contributed by atoms with van der Waals surface area (Å²) in [7, 11) is 2.97. The third kappa shape index (κ3) is 3.74. The quantitative estimate of drug-likeness (QED) is 0.884. The maximum atomic E-state index is 12.4. The number of benzene rings is 2. The Morgan fingerprint density at radius 2 is 2.00 bits per heavy atom. The van der Waals surface area contributed by atoms with Crippen molar-refractivity contribution < 1.29 is 23.7 Å². The molecule has 0 unspecified atom stereocenters. The van der Waals surface area contributed by atoms with Gasteiger partial charge in [-0.05, 0) is 24.3 Å². The molecule has 0 saturated carbocycles. The molecule has 1 aliphatic rings. The van der Waals surface area contributed by atoms with Gasteiger partial charge in [0.15, 0.2) is 23.0 Å². The van der Waals surface area contributed by atoms with Crippen molar-refractivity contribution in [3.05, 3.63) is 47.0 Å². The zero-order valence-corrected chi connectivity index (χ0v) is 14.6. The molecule has 1 atom stereocenters. The average molecular weight is 364 g/mol. The summed E-state index contributed by atoms with van der Waals surface area (Å²) in [6.07, 6.45) is -0.269. The van der Waals surface area contributed by atoms with Crippen LogP contribution in [0.4, 0.5) is 0 Å². The van der Waals surface area contributed by atoms with Gasteiger partial charge in [0.2, 0.25) is 0 Å². The fraction of sp³-hybridized carbons (Fsp3) is 0.278. The number of carbonyl (C=O) groups excluding carboxylic acids is 1. The van der Waals surface area contributed by atoms with E-state index >= 15 is 0 Å². The summed E-state index contributed by atoms with van der Waals surface area (Å²) in [6, 6.07) is 10.5. The maximum Gasteiger partial charge on any atom is 0.251 e. The summed E-state index contributed by atoms with van der Waals surface area (Å²) in [5.41, 5.74) is 0.375. The van der Waals surface area contributed by atoms with E-state index in [2.05, 4.69) is 5.32 Å². The molecule has 0 aromatic heterocycles. The zero-order chi connectivity index (χ0) is 17.8. The van der Waals surface area contributed by atoms with Crippen molar-refractivity contribution in [2.24, 2.45) is 0 Å². The Bertz CT molecular complexity index is 780. The normalized spacial score (nSPS) is 15.4. The summed E-state index contributed by atoms with van der Waals surface area (Å²) in [4.78, 5) is 12.4. The fourth-order valence-electron chi connectivity index (χ4n) is 2.52. The molecule has 2 aromatic carbocycles. The average Bonchev–Trinajstić information content (AvgIpc) is 2.65. The monoisotopic (exact) mass is 363 g/mol. The second kappa shape index (κ2) is 7.53. The first kappa shape index (κ1) is 17.2. The van der Waals surface area contributed by atoms with Crippen molar-refractivity contribution in [2.75, 3.05) is 27.4 Å². The Balaban J connectivity index is 1.65. The molecule has 0 bridgehead atoms. The van der Waals surface area contributed by atoms with Gasteiger partial charge in [-0.2, -0.15) is 0 Å². The summed E-state index contributed by atoms with van der Waals surface area (Å²) in [5, 5.41) is 3.12. The lowest BCUT2D eigenvalue weighted by Crippen LogP contribution is -2.40. The first-order valence-electron chi connectivity index (χ1n) is 7.70. The Morgan fingerprint density at radius 3 is 2.72 bits per heavy atom. The third-order valence-electron chi connectivity index (χ3n) is 3.75. The van der Waals surface area contributed by atoms with Crippen LogP contribution >= 0.6 is 11.6 Å². The number of hydrogen-bond acceptors (Lipinski definition) is 5. The lowest BCUT2D eigenvalue weighted by Gasteiger charge is -2.26. The van der Waals surface area contributed by atoms with E-state index in [1.165, 1.54) is 20.3 Å². The van der Waals surface area contributed by atoms with Gasteiger partial charge in [0.1, 0.15) is 12.7 Å². The van der Waals surface area contributed by atoms with Crippen molar-refractivity contribution in [2.45, 2.75) is 6.10 Å². The number of carbonyl (C=O) groups is 1. The molecule has 7 heteroatoms. The molecule has 25 heavy (non-hydrogen) atoms. The number of halogens is 1. The minimum atomic E-state index is -0.287. The molecular formula is C18H18ClNO5. The minimum absolute atomic E-state index is 0.269. The van der Waals surface area contributed by atoms with Gasteiger partial charge in [0.25, 0.3) is 5.91 Å². The van der Waals surface area contributed by atoms with Crippen LogP contribution in [0.5, 0.6) is 23.0 Å². The van der Waals surface area contributed by atoms with E-state index in [9.17, 15) is 4.79 Å². The van der Waals surface area contributed by atoms with Crippen LogP contribution in [0.15, 0.2) is 36.4 Å². The van der Waals surface area contributed by atoms with E-state index in [1.807, 2.05) is 24.3 Å². The van der Waals surface area contributed by atoms with E-state index in [0.717, 1.165) is 0 Å². The molecule has 1 aliphatic heterocycles. The van der Waals surface area contributed by atoms with Crippen molar-refractivity contribution in [1.82, 2.24) is 5.32 Å². The van der Waals surface area contributed by atoms with Crippen molar-refractivity contribution >= 4 is 17.5 Å². The first-order chi connectivity index (χ1) is 12.1. The number of amides is 1. The van der Waals surface area contributed by atoms with Crippen molar-refractivity contribution in [3.63, 3.8) is 0 Å². The van der Waals surface area contributed by atoms with E-state index in [4.69, 9.17) is 30.5 Å². The predicted octanol–water partition coefficient (Wildman–Crippen LogP) is 2.93. The second-order valence-corrected chi connectivity index (χ2v) is 5.81. The Labute approximate surface area is 150 Å². The first-order valence-corrected chi connectivity index (χ1v) is 8.08. The number of fused-ring (bicyclic) bond motifs is 1. The molecule has 2 aromatic rings. The van der Waals surface area contributed by atoms with Gasteiger partial charge in [-0.3, -0.25) is 4.79 Å². The fourth-order valence-corrected chi connectivity index (χ4v) is 2.81. The van der Waals surface area contributed by atoms with Crippen LogP contribution in [0.1, 0.15) is 10.4 Å². The summed E-state index contributed by atoms with van der Waals surface area (Å²) in [6.45, 7) is 0.670. The third-order valence-corrected chi connectivity index (χ3v) is 4.03. The van der Waals surface area contributed by atoms with Gasteiger partial charge < -0.3 is 24.3 Å². The number of ether oxygens (including phenoxy) is 4. The second-order valence-electron chi connectivity index (χ2n) is 5.40. The number of hydrogen-bond donors (Lipinski definition) is 1. The smallest absolute Gasteiger partial charge is 0.251 e. The van der Waals surface area contributed by atoms with Crippen LogP contribution in [-0.4, -0.2) is 39.4 Å². The number of para-hydroxylation sites is 2. The Kier molecular flexibility index (Phi) is 5.19. The van der Waals surface area contributed by atoms with Gasteiger partial charge in [-0.1, -0.05) is 23.7 Å². The molecule has 1 N–H and O–H groups in total. The minimum Gasteiger partial charge on any atom is -0.493 e. The molecule has 1 amide bonds. The summed E-state index contributed by atoms with van der Waals surface area (Å²) >= 11 is 6.13. The molecule has 0 aliphatic carbocycles. The van der Waals surface area contributed by atoms with Crippen LogP contribution in [0, 0.1) is 0 Å². The molecule has 3 rings (SSSR count). The molecule has 0 spiro atoms. The van der Waals surface area contributed by atoms with Crippen LogP contribution in [-0.2, 0) is 0 Å². The molecule has 0 radical (unpaired) electrons. The van der Waals surface area contributed by atoms with Gasteiger partial charge in [0.05, 0.1) is 25.8 Å². The molecule has 6 nitrogen and oxygen atoms in total. The van der Waals surface area contributed by atoms with Crippen LogP contribution in [0.25, 0.3) is 0 Å². The predicted molar refractivity (Wildman–Crippen MR) is 93.2 cm³/mol. The van der Waals surface area contributed by atoms with Gasteiger partial charge in [0, 0.05) is 5.56 Å². The lowest BCUT2D eigenvalue weighted by atomic mass is 10.1. The molecule has 0 saturated heterocycles. The van der Waals surface area contributed by atoms with Crippen molar-refractivity contribution in [1.29, 1.82) is 0 Å². The lowest BCUT2D eigenvalue weighted by molar-refractivity contribution is 0.0789. The SMILES string of the molecule is COc1cc(C(=O)NC[C@H]2COc3ccccc3O2)cc(Cl)c1OC. The highest BCUT2D eigenvalue weighted by molar-refractivity contribution is 6.32. The van der Waals surface area contributed by atoms with E-state index in [0.29, 0.717) is 46.7 Å². The van der Waals surface area contributed by atoms with E-state index in [1.54, 1.807) is 6.07 Å². The van der Waals surface area contributed by atoms with Gasteiger partial charge in [-0.15, -0.1) is 0 Å².